The molecule has 3 N–H and O–H groups in total. The number of hydrogen-bond acceptors (Lipinski definition) is 9. The Morgan fingerprint density at radius 2 is 1.70 bits per heavy atom. The van der Waals surface area contributed by atoms with Crippen LogP contribution in [0.2, 0.25) is 0 Å². The maximum Gasteiger partial charge on any atom is 0.246 e. The van der Waals surface area contributed by atoms with Crippen LogP contribution < -0.4 is 15.4 Å². The molecule has 0 amide bonds. The van der Waals surface area contributed by atoms with E-state index >= 15 is 0 Å². The molecule has 0 saturated carbocycles. The van der Waals surface area contributed by atoms with Gasteiger partial charge in [-0.2, -0.15) is 0 Å². The summed E-state index contributed by atoms with van der Waals surface area (Å²) < 4.78 is 32.0. The molecule has 0 saturated heterocycles. The number of nitrogens with zero attached hydrogens (tertiary/aromatic N) is 4. The zero-order valence-corrected chi connectivity index (χ0v) is 15.6. The topological polar surface area (TPSA) is 135 Å². The van der Waals surface area contributed by atoms with Gasteiger partial charge in [-0.1, -0.05) is 5.16 Å². The molecular formula is C16H19N7O3S. The minimum atomic E-state index is -3.67. The van der Waals surface area contributed by atoms with Crippen LogP contribution in [0.25, 0.3) is 0 Å². The number of pyridine rings is 1. The highest BCUT2D eigenvalue weighted by atomic mass is 32.2. The molecule has 0 fully saturated rings. The Kier molecular flexibility index (Phi) is 5.62. The molecule has 0 spiro atoms. The molecule has 0 aliphatic rings. The summed E-state index contributed by atoms with van der Waals surface area (Å²) in [5, 5.41) is 17.9. The molecule has 10 nitrogen and oxygen atoms in total. The fourth-order valence-electron chi connectivity index (χ4n) is 2.38. The third-order valence-corrected chi connectivity index (χ3v) is 5.28. The van der Waals surface area contributed by atoms with E-state index in [1.54, 1.807) is 38.4 Å². The predicted molar refractivity (Wildman–Crippen MR) is 99.2 cm³/mol. The number of aromatic nitrogens is 4. The second-order valence-corrected chi connectivity index (χ2v) is 7.35. The summed E-state index contributed by atoms with van der Waals surface area (Å²) in [6, 6.07) is 7.15. The summed E-state index contributed by atoms with van der Waals surface area (Å²) in [5.41, 5.74) is 1.19. The van der Waals surface area contributed by atoms with Gasteiger partial charge in [0.15, 0.2) is 11.6 Å². The van der Waals surface area contributed by atoms with Crippen LogP contribution in [0, 0.1) is 13.8 Å². The zero-order chi connectivity index (χ0) is 19.3. The molecule has 142 valence electrons. The Labute approximate surface area is 156 Å². The van der Waals surface area contributed by atoms with Crippen LogP contribution in [-0.2, 0) is 10.0 Å². The minimum absolute atomic E-state index is 0.0776. The highest BCUT2D eigenvalue weighted by Crippen LogP contribution is 2.18. The lowest BCUT2D eigenvalue weighted by Crippen LogP contribution is -2.29. The third-order valence-electron chi connectivity index (χ3n) is 3.58. The predicted octanol–water partition coefficient (Wildman–Crippen LogP) is 1.61. The van der Waals surface area contributed by atoms with Gasteiger partial charge in [-0.05, 0) is 38.1 Å². The summed E-state index contributed by atoms with van der Waals surface area (Å²) in [6.07, 6.45) is 3.35. The quantitative estimate of drug-likeness (QED) is 0.491. The van der Waals surface area contributed by atoms with Crippen molar-refractivity contribution >= 4 is 27.3 Å². The van der Waals surface area contributed by atoms with Crippen LogP contribution in [0.4, 0.5) is 17.3 Å². The van der Waals surface area contributed by atoms with Gasteiger partial charge < -0.3 is 15.2 Å². The van der Waals surface area contributed by atoms with Crippen LogP contribution in [0.5, 0.6) is 0 Å². The number of anilines is 3. The minimum Gasteiger partial charge on any atom is -0.367 e. The molecule has 11 heteroatoms. The Morgan fingerprint density at radius 3 is 2.33 bits per heavy atom. The van der Waals surface area contributed by atoms with Gasteiger partial charge in [0.1, 0.15) is 16.4 Å². The van der Waals surface area contributed by atoms with E-state index in [0.29, 0.717) is 23.9 Å². The molecule has 0 aromatic carbocycles. The Balaban J connectivity index is 1.49. The average molecular weight is 389 g/mol. The van der Waals surface area contributed by atoms with Crippen LogP contribution >= 0.6 is 0 Å². The molecule has 0 unspecified atom stereocenters. The van der Waals surface area contributed by atoms with Gasteiger partial charge in [-0.15, -0.1) is 10.2 Å². The summed E-state index contributed by atoms with van der Waals surface area (Å²) in [7, 11) is -3.67. The van der Waals surface area contributed by atoms with E-state index in [2.05, 4.69) is 35.7 Å². The number of hydrogen-bond donors (Lipinski definition) is 3. The number of sulfonamides is 1. The van der Waals surface area contributed by atoms with E-state index in [4.69, 9.17) is 4.52 Å². The van der Waals surface area contributed by atoms with Crippen molar-refractivity contribution < 1.29 is 12.9 Å². The summed E-state index contributed by atoms with van der Waals surface area (Å²) in [4.78, 5) is 4.02. The van der Waals surface area contributed by atoms with Gasteiger partial charge in [-0.25, -0.2) is 13.1 Å². The molecule has 3 heterocycles. The Morgan fingerprint density at radius 1 is 1.00 bits per heavy atom. The van der Waals surface area contributed by atoms with Crippen LogP contribution in [0.15, 0.2) is 46.1 Å². The van der Waals surface area contributed by atoms with E-state index in [0.717, 1.165) is 5.69 Å². The van der Waals surface area contributed by atoms with Crippen molar-refractivity contribution in [2.24, 2.45) is 0 Å². The van der Waals surface area contributed by atoms with E-state index in [1.165, 1.54) is 0 Å². The number of rotatable bonds is 8. The third kappa shape index (κ3) is 4.77. The van der Waals surface area contributed by atoms with E-state index < -0.39 is 10.0 Å². The van der Waals surface area contributed by atoms with Crippen LogP contribution in [-0.4, -0.2) is 41.8 Å². The second-order valence-electron chi connectivity index (χ2n) is 5.64. The normalized spacial score (nSPS) is 11.3. The molecule has 0 bridgehead atoms. The van der Waals surface area contributed by atoms with Crippen molar-refractivity contribution in [3.05, 3.63) is 48.1 Å². The van der Waals surface area contributed by atoms with Crippen molar-refractivity contribution in [1.82, 2.24) is 25.1 Å². The van der Waals surface area contributed by atoms with Gasteiger partial charge >= 0.3 is 0 Å². The van der Waals surface area contributed by atoms with Crippen molar-refractivity contribution in [2.45, 2.75) is 18.7 Å². The lowest BCUT2D eigenvalue weighted by Gasteiger charge is -2.08. The molecule has 27 heavy (non-hydrogen) atoms. The first kappa shape index (κ1) is 18.7. The molecule has 3 aromatic rings. The van der Waals surface area contributed by atoms with Crippen LogP contribution in [0.3, 0.4) is 0 Å². The summed E-state index contributed by atoms with van der Waals surface area (Å²) >= 11 is 0. The van der Waals surface area contributed by atoms with E-state index in [9.17, 15) is 8.42 Å². The lowest BCUT2D eigenvalue weighted by atomic mass is 10.4. The largest absolute Gasteiger partial charge is 0.367 e. The molecule has 0 radical (unpaired) electrons. The fourth-order valence-corrected chi connectivity index (χ4v) is 3.74. The van der Waals surface area contributed by atoms with Gasteiger partial charge in [0, 0.05) is 31.2 Å². The highest BCUT2D eigenvalue weighted by Gasteiger charge is 2.23. The smallest absolute Gasteiger partial charge is 0.246 e. The van der Waals surface area contributed by atoms with Crippen molar-refractivity contribution in [1.29, 1.82) is 0 Å². The standard InChI is InChI=1S/C16H19N7O3S/c1-11-16(12(2)26-23-11)27(24,25)19-10-9-18-14-3-4-15(22-21-14)20-13-5-7-17-8-6-13/h3-8,19H,9-10H2,1-2H3,(H,18,21)(H,17,20,22). The lowest BCUT2D eigenvalue weighted by molar-refractivity contribution is 0.390. The molecule has 3 rings (SSSR count). The number of aryl methyl sites for hydroxylation is 2. The maximum atomic E-state index is 12.3. The SMILES string of the molecule is Cc1noc(C)c1S(=O)(=O)NCCNc1ccc(Nc2ccncc2)nn1. The fraction of sp³-hybridized carbons (Fsp3) is 0.250. The monoisotopic (exact) mass is 389 g/mol. The molecule has 0 aliphatic carbocycles. The Hall–Kier alpha value is -3.05. The highest BCUT2D eigenvalue weighted by molar-refractivity contribution is 7.89. The van der Waals surface area contributed by atoms with Crippen molar-refractivity contribution in [2.75, 3.05) is 23.7 Å². The summed E-state index contributed by atoms with van der Waals surface area (Å²) in [6.45, 7) is 3.66. The Bertz CT molecular complexity index is 969. The summed E-state index contributed by atoms with van der Waals surface area (Å²) in [5.74, 6) is 1.38. The first-order valence-corrected chi connectivity index (χ1v) is 9.61. The van der Waals surface area contributed by atoms with E-state index in [-0.39, 0.29) is 17.2 Å². The zero-order valence-electron chi connectivity index (χ0n) is 14.8. The molecule has 0 aliphatic heterocycles. The van der Waals surface area contributed by atoms with Crippen molar-refractivity contribution in [3.8, 4) is 0 Å². The van der Waals surface area contributed by atoms with Crippen LogP contribution in [0.1, 0.15) is 11.5 Å². The number of nitrogens with one attached hydrogen (secondary N) is 3. The first-order chi connectivity index (χ1) is 13.0. The van der Waals surface area contributed by atoms with E-state index in [1.807, 2.05) is 12.1 Å². The first-order valence-electron chi connectivity index (χ1n) is 8.13. The van der Waals surface area contributed by atoms with Gasteiger partial charge in [0.05, 0.1) is 0 Å². The average Bonchev–Trinajstić information content (AvgIpc) is 3.00. The van der Waals surface area contributed by atoms with Gasteiger partial charge in [-0.3, -0.25) is 4.98 Å². The van der Waals surface area contributed by atoms with Crippen molar-refractivity contribution in [3.63, 3.8) is 0 Å². The molecule has 3 aromatic heterocycles. The van der Waals surface area contributed by atoms with Gasteiger partial charge in [0.25, 0.3) is 0 Å². The molecular weight excluding hydrogens is 370 g/mol. The second kappa shape index (κ2) is 8.10. The molecule has 0 atom stereocenters. The maximum absolute atomic E-state index is 12.3. The van der Waals surface area contributed by atoms with Gasteiger partial charge in [0.2, 0.25) is 10.0 Å².